The molecule has 20 heavy (non-hydrogen) atoms. The van der Waals surface area contributed by atoms with Crippen LogP contribution in [0.1, 0.15) is 49.7 Å². The minimum atomic E-state index is -0.289. The second kappa shape index (κ2) is 5.95. The lowest BCUT2D eigenvalue weighted by Gasteiger charge is -2.20. The lowest BCUT2D eigenvalue weighted by Crippen LogP contribution is -2.28. The molecule has 0 spiro atoms. The molecule has 0 radical (unpaired) electrons. The quantitative estimate of drug-likeness (QED) is 0.777. The molecule has 0 aliphatic heterocycles. The number of nitrogens with one attached hydrogen (secondary N) is 1. The summed E-state index contributed by atoms with van der Waals surface area (Å²) in [6.45, 7) is 8.41. The third kappa shape index (κ3) is 3.03. The molecule has 2 rings (SSSR count). The summed E-state index contributed by atoms with van der Waals surface area (Å²) in [5.74, 6) is 0.411. The van der Waals surface area contributed by atoms with Crippen LogP contribution in [-0.4, -0.2) is 28.9 Å². The van der Waals surface area contributed by atoms with E-state index < -0.39 is 0 Å². The summed E-state index contributed by atoms with van der Waals surface area (Å²) >= 11 is 0. The maximum Gasteiger partial charge on any atom is 0.341 e. The fraction of sp³-hybridized carbons (Fsp3) is 0.733. The van der Waals surface area contributed by atoms with Gasteiger partial charge in [-0.1, -0.05) is 13.8 Å². The van der Waals surface area contributed by atoms with Crippen LogP contribution in [0.25, 0.3) is 0 Å². The molecular weight excluding hydrogens is 254 g/mol. The zero-order chi connectivity index (χ0) is 14.8. The van der Waals surface area contributed by atoms with Gasteiger partial charge < -0.3 is 10.1 Å². The van der Waals surface area contributed by atoms with Crippen LogP contribution in [0.5, 0.6) is 0 Å². The fourth-order valence-electron chi connectivity index (χ4n) is 2.60. The molecule has 0 atom stereocenters. The molecule has 1 fully saturated rings. The third-order valence-corrected chi connectivity index (χ3v) is 4.44. The van der Waals surface area contributed by atoms with Gasteiger partial charge in [0.15, 0.2) is 0 Å². The van der Waals surface area contributed by atoms with E-state index in [1.165, 1.54) is 12.8 Å². The Bertz CT molecular complexity index is 475. The van der Waals surface area contributed by atoms with Crippen molar-refractivity contribution in [3.8, 4) is 0 Å². The third-order valence-electron chi connectivity index (χ3n) is 4.44. The van der Waals surface area contributed by atoms with Crippen LogP contribution < -0.4 is 5.32 Å². The van der Waals surface area contributed by atoms with E-state index in [0.717, 1.165) is 12.2 Å². The van der Waals surface area contributed by atoms with Crippen molar-refractivity contribution in [2.45, 2.75) is 40.2 Å². The average molecular weight is 279 g/mol. The number of nitrogens with zero attached hydrogens (tertiary/aromatic N) is 2. The highest BCUT2D eigenvalue weighted by Gasteiger charge is 2.44. The SMILES string of the molecule is CCOC(=O)c1cnn(C)c1CNCC1(C(C)C)CC1. The van der Waals surface area contributed by atoms with E-state index in [1.807, 2.05) is 14.0 Å². The molecule has 1 heterocycles. The van der Waals surface area contributed by atoms with Crippen LogP contribution >= 0.6 is 0 Å². The Hall–Kier alpha value is -1.36. The van der Waals surface area contributed by atoms with Crippen LogP contribution in [0.15, 0.2) is 6.20 Å². The lowest BCUT2D eigenvalue weighted by atomic mass is 9.92. The van der Waals surface area contributed by atoms with Gasteiger partial charge in [-0.3, -0.25) is 4.68 Å². The number of aryl methyl sites for hydroxylation is 1. The zero-order valence-electron chi connectivity index (χ0n) is 12.9. The van der Waals surface area contributed by atoms with Crippen LogP contribution in [0.3, 0.4) is 0 Å². The van der Waals surface area contributed by atoms with Crippen LogP contribution in [0.4, 0.5) is 0 Å². The molecule has 1 aliphatic carbocycles. The van der Waals surface area contributed by atoms with Crippen LogP contribution in [-0.2, 0) is 18.3 Å². The Morgan fingerprint density at radius 2 is 2.25 bits per heavy atom. The largest absolute Gasteiger partial charge is 0.462 e. The highest BCUT2D eigenvalue weighted by Crippen LogP contribution is 2.51. The molecule has 1 N–H and O–H groups in total. The van der Waals surface area contributed by atoms with Gasteiger partial charge >= 0.3 is 5.97 Å². The first kappa shape index (κ1) is 15.0. The van der Waals surface area contributed by atoms with Crippen molar-refractivity contribution >= 4 is 5.97 Å². The first-order chi connectivity index (χ1) is 9.50. The molecule has 1 aliphatic rings. The van der Waals surface area contributed by atoms with Gasteiger partial charge in [0.05, 0.1) is 18.5 Å². The van der Waals surface area contributed by atoms with E-state index in [1.54, 1.807) is 10.9 Å². The Balaban J connectivity index is 1.96. The summed E-state index contributed by atoms with van der Waals surface area (Å²) in [7, 11) is 1.86. The Morgan fingerprint density at radius 1 is 1.55 bits per heavy atom. The normalized spacial score (nSPS) is 16.4. The van der Waals surface area contributed by atoms with Gasteiger partial charge in [0.2, 0.25) is 0 Å². The molecule has 5 nitrogen and oxygen atoms in total. The first-order valence-electron chi connectivity index (χ1n) is 7.39. The van der Waals surface area contributed by atoms with E-state index >= 15 is 0 Å². The summed E-state index contributed by atoms with van der Waals surface area (Å²) in [4.78, 5) is 11.9. The number of hydrogen-bond donors (Lipinski definition) is 1. The first-order valence-corrected chi connectivity index (χ1v) is 7.39. The molecule has 0 unspecified atom stereocenters. The van der Waals surface area contributed by atoms with Crippen LogP contribution in [0, 0.1) is 11.3 Å². The Morgan fingerprint density at radius 3 is 2.80 bits per heavy atom. The van der Waals surface area contributed by atoms with Gasteiger partial charge in [0, 0.05) is 20.1 Å². The molecule has 0 saturated heterocycles. The monoisotopic (exact) mass is 279 g/mol. The average Bonchev–Trinajstić information content (AvgIpc) is 3.10. The van der Waals surface area contributed by atoms with Crippen molar-refractivity contribution in [2.24, 2.45) is 18.4 Å². The van der Waals surface area contributed by atoms with Gasteiger partial charge in [-0.05, 0) is 31.1 Å². The molecule has 1 saturated carbocycles. The van der Waals surface area contributed by atoms with Gasteiger partial charge in [-0.2, -0.15) is 5.10 Å². The summed E-state index contributed by atoms with van der Waals surface area (Å²) in [5.41, 5.74) is 1.92. The highest BCUT2D eigenvalue weighted by atomic mass is 16.5. The van der Waals surface area contributed by atoms with Crippen molar-refractivity contribution in [3.63, 3.8) is 0 Å². The predicted octanol–water partition coefficient (Wildman–Crippen LogP) is 2.12. The second-order valence-electron chi connectivity index (χ2n) is 5.97. The number of esters is 1. The summed E-state index contributed by atoms with van der Waals surface area (Å²) in [5, 5.41) is 7.64. The van der Waals surface area contributed by atoms with E-state index in [4.69, 9.17) is 4.74 Å². The van der Waals surface area contributed by atoms with Gasteiger partial charge in [-0.25, -0.2) is 4.79 Å². The zero-order valence-corrected chi connectivity index (χ0v) is 12.9. The Kier molecular flexibility index (Phi) is 4.48. The number of carbonyl (C=O) groups is 1. The fourth-order valence-corrected chi connectivity index (χ4v) is 2.60. The smallest absolute Gasteiger partial charge is 0.341 e. The van der Waals surface area contributed by atoms with E-state index in [2.05, 4.69) is 24.3 Å². The number of ether oxygens (including phenoxy) is 1. The topological polar surface area (TPSA) is 56.1 Å². The second-order valence-corrected chi connectivity index (χ2v) is 5.97. The van der Waals surface area contributed by atoms with Gasteiger partial charge in [0.1, 0.15) is 5.56 Å². The van der Waals surface area contributed by atoms with Gasteiger partial charge in [-0.15, -0.1) is 0 Å². The number of carbonyl (C=O) groups excluding carboxylic acids is 1. The molecule has 5 heteroatoms. The van der Waals surface area contributed by atoms with E-state index in [0.29, 0.717) is 30.0 Å². The lowest BCUT2D eigenvalue weighted by molar-refractivity contribution is 0.0524. The standard InChI is InChI=1S/C15H25N3O2/c1-5-20-14(19)12-8-17-18(4)13(12)9-16-10-15(6-7-15)11(2)3/h8,11,16H,5-7,9-10H2,1-4H3. The Labute approximate surface area is 120 Å². The molecule has 0 aromatic carbocycles. The molecule has 1 aromatic rings. The number of aromatic nitrogens is 2. The predicted molar refractivity (Wildman–Crippen MR) is 77.4 cm³/mol. The van der Waals surface area contributed by atoms with E-state index in [-0.39, 0.29) is 5.97 Å². The van der Waals surface area contributed by atoms with Crippen molar-refractivity contribution in [1.82, 2.24) is 15.1 Å². The van der Waals surface area contributed by atoms with Crippen molar-refractivity contribution < 1.29 is 9.53 Å². The minimum absolute atomic E-state index is 0.289. The molecular formula is C15H25N3O2. The van der Waals surface area contributed by atoms with E-state index in [9.17, 15) is 4.79 Å². The minimum Gasteiger partial charge on any atom is -0.462 e. The highest BCUT2D eigenvalue weighted by molar-refractivity contribution is 5.90. The molecule has 0 bridgehead atoms. The van der Waals surface area contributed by atoms with Crippen molar-refractivity contribution in [1.29, 1.82) is 0 Å². The van der Waals surface area contributed by atoms with Crippen LogP contribution in [0.2, 0.25) is 0 Å². The summed E-state index contributed by atoms with van der Waals surface area (Å²) in [6, 6.07) is 0. The van der Waals surface area contributed by atoms with Crippen molar-refractivity contribution in [3.05, 3.63) is 17.5 Å². The molecule has 0 amide bonds. The number of hydrogen-bond acceptors (Lipinski definition) is 4. The number of rotatable bonds is 7. The summed E-state index contributed by atoms with van der Waals surface area (Å²) < 4.78 is 6.80. The maximum atomic E-state index is 11.9. The molecule has 112 valence electrons. The van der Waals surface area contributed by atoms with Crippen molar-refractivity contribution in [2.75, 3.05) is 13.2 Å². The van der Waals surface area contributed by atoms with Gasteiger partial charge in [0.25, 0.3) is 0 Å². The summed E-state index contributed by atoms with van der Waals surface area (Å²) in [6.07, 6.45) is 4.19. The molecule has 1 aromatic heterocycles. The maximum absolute atomic E-state index is 11.9.